The van der Waals surface area contributed by atoms with E-state index in [9.17, 15) is 9.59 Å². The third-order valence-electron chi connectivity index (χ3n) is 4.02. The van der Waals surface area contributed by atoms with Crippen molar-refractivity contribution in [3.63, 3.8) is 0 Å². The molecule has 1 saturated heterocycles. The van der Waals surface area contributed by atoms with Gasteiger partial charge < -0.3 is 10.2 Å². The minimum Gasteiger partial charge on any atom is -0.355 e. The fourth-order valence-corrected chi connectivity index (χ4v) is 3.58. The Morgan fingerprint density at radius 1 is 1.53 bits per heavy atom. The number of rotatable bonds is 4. The fraction of sp³-hybridized carbons (Fsp3) is 0.571. The van der Waals surface area contributed by atoms with Crippen molar-refractivity contribution < 1.29 is 9.59 Å². The van der Waals surface area contributed by atoms with Gasteiger partial charge in [-0.25, -0.2) is 0 Å². The van der Waals surface area contributed by atoms with Crippen molar-refractivity contribution in [1.82, 2.24) is 10.2 Å². The zero-order chi connectivity index (χ0) is 13.4. The molecule has 1 aliphatic carbocycles. The highest BCUT2D eigenvalue weighted by Crippen LogP contribution is 2.39. The number of thiophene rings is 1. The molecule has 0 spiro atoms. The van der Waals surface area contributed by atoms with Gasteiger partial charge in [0, 0.05) is 24.9 Å². The van der Waals surface area contributed by atoms with Crippen molar-refractivity contribution in [1.29, 1.82) is 0 Å². The summed E-state index contributed by atoms with van der Waals surface area (Å²) < 4.78 is 0. The lowest BCUT2D eigenvalue weighted by Gasteiger charge is -2.23. The zero-order valence-electron chi connectivity index (χ0n) is 11.0. The highest BCUT2D eigenvalue weighted by atomic mass is 32.1. The van der Waals surface area contributed by atoms with E-state index in [0.717, 1.165) is 11.4 Å². The van der Waals surface area contributed by atoms with Crippen LogP contribution in [0.4, 0.5) is 0 Å². The van der Waals surface area contributed by atoms with Crippen molar-refractivity contribution in [2.75, 3.05) is 13.6 Å². The first-order valence-corrected chi connectivity index (χ1v) is 7.61. The van der Waals surface area contributed by atoms with Gasteiger partial charge in [-0.1, -0.05) is 6.07 Å². The zero-order valence-corrected chi connectivity index (χ0v) is 11.8. The number of carbonyl (C=O) groups excluding carboxylic acids is 2. The summed E-state index contributed by atoms with van der Waals surface area (Å²) in [6.45, 7) is 0.768. The molecule has 1 aliphatic heterocycles. The summed E-state index contributed by atoms with van der Waals surface area (Å²) in [5.41, 5.74) is 0. The lowest BCUT2D eigenvalue weighted by atomic mass is 9.98. The fourth-order valence-electron chi connectivity index (χ4n) is 2.65. The van der Waals surface area contributed by atoms with Crippen LogP contribution in [-0.4, -0.2) is 30.3 Å². The third kappa shape index (κ3) is 2.52. The van der Waals surface area contributed by atoms with E-state index in [4.69, 9.17) is 0 Å². The molecule has 3 rings (SSSR count). The molecule has 1 saturated carbocycles. The predicted molar refractivity (Wildman–Crippen MR) is 73.7 cm³/mol. The number of nitrogens with one attached hydrogen (secondary N) is 1. The van der Waals surface area contributed by atoms with Gasteiger partial charge in [0.25, 0.3) is 0 Å². The van der Waals surface area contributed by atoms with Crippen molar-refractivity contribution in [2.45, 2.75) is 25.3 Å². The maximum atomic E-state index is 12.3. The van der Waals surface area contributed by atoms with E-state index >= 15 is 0 Å². The average Bonchev–Trinajstić information content (AvgIpc) is 2.98. The number of hydrogen-bond donors (Lipinski definition) is 1. The molecule has 1 aromatic heterocycles. The van der Waals surface area contributed by atoms with E-state index < -0.39 is 0 Å². The number of hydrogen-bond acceptors (Lipinski definition) is 3. The molecular weight excluding hydrogens is 260 g/mol. The van der Waals surface area contributed by atoms with Gasteiger partial charge in [0.15, 0.2) is 0 Å². The van der Waals surface area contributed by atoms with Crippen molar-refractivity contribution in [3.8, 4) is 0 Å². The molecule has 0 aromatic carbocycles. The van der Waals surface area contributed by atoms with Gasteiger partial charge >= 0.3 is 0 Å². The molecule has 1 N–H and O–H groups in total. The van der Waals surface area contributed by atoms with E-state index in [-0.39, 0.29) is 23.8 Å². The van der Waals surface area contributed by atoms with Gasteiger partial charge in [0.2, 0.25) is 11.8 Å². The van der Waals surface area contributed by atoms with Crippen LogP contribution in [0.15, 0.2) is 17.5 Å². The number of carbonyl (C=O) groups is 2. The van der Waals surface area contributed by atoms with Gasteiger partial charge in [-0.05, 0) is 30.2 Å². The molecule has 2 heterocycles. The van der Waals surface area contributed by atoms with Crippen LogP contribution in [0.2, 0.25) is 0 Å². The molecule has 2 fully saturated rings. The highest BCUT2D eigenvalue weighted by Gasteiger charge is 2.43. The standard InChI is InChI=1S/C14H18N2O2S/c1-16-12(17)7-10(13(16)11-3-2-6-19-11)14(18)15-8-9-4-5-9/h2-3,6,9-10,13H,4-5,7-8H2,1H3,(H,15,18). The lowest BCUT2D eigenvalue weighted by Crippen LogP contribution is -2.35. The molecule has 102 valence electrons. The van der Waals surface area contributed by atoms with Crippen molar-refractivity contribution in [3.05, 3.63) is 22.4 Å². The van der Waals surface area contributed by atoms with Crippen molar-refractivity contribution >= 4 is 23.2 Å². The van der Waals surface area contributed by atoms with E-state index in [2.05, 4.69) is 5.32 Å². The molecule has 5 heteroatoms. The minimum absolute atomic E-state index is 0.0306. The summed E-state index contributed by atoms with van der Waals surface area (Å²) in [5, 5.41) is 5.00. The number of likely N-dealkylation sites (tertiary alicyclic amines) is 1. The Kier molecular flexibility index (Phi) is 3.31. The molecule has 4 nitrogen and oxygen atoms in total. The van der Waals surface area contributed by atoms with E-state index in [1.807, 2.05) is 17.5 Å². The van der Waals surface area contributed by atoms with Crippen LogP contribution in [0.25, 0.3) is 0 Å². The largest absolute Gasteiger partial charge is 0.355 e. The molecule has 2 atom stereocenters. The average molecular weight is 278 g/mol. The molecule has 0 radical (unpaired) electrons. The topological polar surface area (TPSA) is 49.4 Å². The van der Waals surface area contributed by atoms with Gasteiger partial charge in [-0.3, -0.25) is 9.59 Å². The van der Waals surface area contributed by atoms with Gasteiger partial charge in [0.05, 0.1) is 12.0 Å². The summed E-state index contributed by atoms with van der Waals surface area (Å²) in [4.78, 5) is 27.0. The smallest absolute Gasteiger partial charge is 0.226 e. The Morgan fingerprint density at radius 3 is 2.95 bits per heavy atom. The Morgan fingerprint density at radius 2 is 2.32 bits per heavy atom. The van der Waals surface area contributed by atoms with E-state index in [0.29, 0.717) is 12.3 Å². The maximum Gasteiger partial charge on any atom is 0.226 e. The monoisotopic (exact) mass is 278 g/mol. The predicted octanol–water partition coefficient (Wildman–Crippen LogP) is 1.79. The first kappa shape index (κ1) is 12.7. The second-order valence-corrected chi connectivity index (χ2v) is 6.44. The summed E-state index contributed by atoms with van der Waals surface area (Å²) in [6.07, 6.45) is 2.77. The summed E-state index contributed by atoms with van der Waals surface area (Å²) in [7, 11) is 1.79. The Hall–Kier alpha value is -1.36. The van der Waals surface area contributed by atoms with Crippen LogP contribution in [0, 0.1) is 11.8 Å². The van der Waals surface area contributed by atoms with Gasteiger partial charge in [-0.15, -0.1) is 11.3 Å². The third-order valence-corrected chi connectivity index (χ3v) is 4.96. The number of nitrogens with zero attached hydrogens (tertiary/aromatic N) is 1. The Balaban J connectivity index is 1.74. The Labute approximate surface area is 116 Å². The molecule has 19 heavy (non-hydrogen) atoms. The second-order valence-electron chi connectivity index (χ2n) is 5.46. The molecule has 1 aromatic rings. The van der Waals surface area contributed by atoms with Crippen LogP contribution in [-0.2, 0) is 9.59 Å². The van der Waals surface area contributed by atoms with E-state index in [1.54, 1.807) is 23.3 Å². The molecule has 0 bridgehead atoms. The minimum atomic E-state index is -0.241. The lowest BCUT2D eigenvalue weighted by molar-refractivity contribution is -0.128. The van der Waals surface area contributed by atoms with Crippen LogP contribution in [0.5, 0.6) is 0 Å². The summed E-state index contributed by atoms with van der Waals surface area (Å²) in [6, 6.07) is 3.88. The quantitative estimate of drug-likeness (QED) is 0.913. The second kappa shape index (κ2) is 4.96. The maximum absolute atomic E-state index is 12.3. The number of amides is 2. The van der Waals surface area contributed by atoms with Crippen LogP contribution >= 0.6 is 11.3 Å². The SMILES string of the molecule is CN1C(=O)CC(C(=O)NCC2CC2)C1c1cccs1. The normalized spacial score (nSPS) is 26.8. The van der Waals surface area contributed by atoms with Crippen LogP contribution < -0.4 is 5.32 Å². The van der Waals surface area contributed by atoms with Crippen molar-refractivity contribution in [2.24, 2.45) is 11.8 Å². The highest BCUT2D eigenvalue weighted by molar-refractivity contribution is 7.10. The molecule has 2 amide bonds. The summed E-state index contributed by atoms with van der Waals surface area (Å²) in [5.74, 6) is 0.516. The van der Waals surface area contributed by atoms with Gasteiger partial charge in [0.1, 0.15) is 0 Å². The van der Waals surface area contributed by atoms with Gasteiger partial charge in [-0.2, -0.15) is 0 Å². The van der Waals surface area contributed by atoms with Crippen LogP contribution in [0.1, 0.15) is 30.2 Å². The van der Waals surface area contributed by atoms with E-state index in [1.165, 1.54) is 12.8 Å². The molecule has 2 aliphatic rings. The Bertz CT molecular complexity index is 482. The molecular formula is C14H18N2O2S. The first-order chi connectivity index (χ1) is 9.16. The summed E-state index contributed by atoms with van der Waals surface area (Å²) >= 11 is 1.61. The first-order valence-electron chi connectivity index (χ1n) is 6.73. The van der Waals surface area contributed by atoms with Crippen LogP contribution in [0.3, 0.4) is 0 Å². The molecule has 2 unspecified atom stereocenters.